The molecule has 10 heteroatoms. The zero-order valence-electron chi connectivity index (χ0n) is 14.8. The Kier molecular flexibility index (Phi) is 6.48. The Bertz CT molecular complexity index is 1060. The predicted octanol–water partition coefficient (Wildman–Crippen LogP) is 4.72. The molecule has 8 nitrogen and oxygen atoms in total. The van der Waals surface area contributed by atoms with Crippen LogP contribution < -0.4 is 10.7 Å². The van der Waals surface area contributed by atoms with Gasteiger partial charge < -0.3 is 9.73 Å². The van der Waals surface area contributed by atoms with Crippen LogP contribution in [0.4, 0.5) is 11.4 Å². The number of hydrogen-bond acceptors (Lipinski definition) is 6. The van der Waals surface area contributed by atoms with Crippen molar-refractivity contribution in [3.05, 3.63) is 80.5 Å². The Morgan fingerprint density at radius 3 is 2.59 bits per heavy atom. The molecule has 0 spiro atoms. The second-order valence-electron chi connectivity index (χ2n) is 5.78. The first kappa shape index (κ1) is 20.4. The summed E-state index contributed by atoms with van der Waals surface area (Å²) < 4.78 is 5.59. The zero-order chi connectivity index (χ0) is 20.8. The summed E-state index contributed by atoms with van der Waals surface area (Å²) >= 11 is 11.9. The third kappa shape index (κ3) is 5.56. The highest BCUT2D eigenvalue weighted by atomic mass is 35.5. The lowest BCUT2D eigenvalue weighted by molar-refractivity contribution is -0.384. The van der Waals surface area contributed by atoms with Crippen molar-refractivity contribution < 1.29 is 14.1 Å². The first-order valence-corrected chi connectivity index (χ1v) is 9.03. The van der Waals surface area contributed by atoms with Gasteiger partial charge in [0.1, 0.15) is 11.5 Å². The minimum Gasteiger partial charge on any atom is -0.455 e. The highest BCUT2D eigenvalue weighted by Crippen LogP contribution is 2.32. The molecule has 0 radical (unpaired) electrons. The molecule has 1 heterocycles. The van der Waals surface area contributed by atoms with Gasteiger partial charge in [0.15, 0.2) is 0 Å². The molecule has 29 heavy (non-hydrogen) atoms. The fraction of sp³-hybridized carbons (Fsp3) is 0.0526. The molecule has 3 rings (SSSR count). The van der Waals surface area contributed by atoms with Crippen molar-refractivity contribution in [3.8, 4) is 11.3 Å². The summed E-state index contributed by atoms with van der Waals surface area (Å²) in [6.45, 7) is 0.0286. The zero-order valence-corrected chi connectivity index (χ0v) is 16.3. The number of nitro groups is 1. The van der Waals surface area contributed by atoms with Crippen LogP contribution in [-0.2, 0) is 4.79 Å². The summed E-state index contributed by atoms with van der Waals surface area (Å²) in [6.07, 6.45) is 1.34. The first-order chi connectivity index (χ1) is 13.9. The number of nitro benzene ring substituents is 1. The number of nitrogens with one attached hydrogen (secondary N) is 2. The van der Waals surface area contributed by atoms with E-state index >= 15 is 0 Å². The molecule has 0 aliphatic heterocycles. The molecular formula is C19H14Cl2N4O4. The predicted molar refractivity (Wildman–Crippen MR) is 111 cm³/mol. The quantitative estimate of drug-likeness (QED) is 0.318. The van der Waals surface area contributed by atoms with Gasteiger partial charge in [0.25, 0.3) is 11.6 Å². The molecule has 2 N–H and O–H groups in total. The number of furan rings is 1. The molecule has 1 aromatic heterocycles. The van der Waals surface area contributed by atoms with Gasteiger partial charge in [0.2, 0.25) is 0 Å². The lowest BCUT2D eigenvalue weighted by Crippen LogP contribution is -2.25. The maximum Gasteiger partial charge on any atom is 0.270 e. The number of anilines is 1. The number of carbonyl (C=O) groups excluding carboxylic acids is 1. The number of nitrogens with zero attached hydrogens (tertiary/aromatic N) is 2. The van der Waals surface area contributed by atoms with Gasteiger partial charge in [-0.1, -0.05) is 23.2 Å². The molecule has 0 unspecified atom stereocenters. The van der Waals surface area contributed by atoms with Gasteiger partial charge in [-0.3, -0.25) is 14.9 Å². The number of hydrogen-bond donors (Lipinski definition) is 2. The molecule has 0 saturated carbocycles. The molecule has 0 bridgehead atoms. The van der Waals surface area contributed by atoms with Gasteiger partial charge in [-0.05, 0) is 42.5 Å². The molecule has 0 aliphatic rings. The van der Waals surface area contributed by atoms with Gasteiger partial charge in [-0.15, -0.1) is 0 Å². The molecule has 3 aromatic rings. The maximum absolute atomic E-state index is 11.8. The maximum atomic E-state index is 11.8. The molecular weight excluding hydrogens is 419 g/mol. The Labute approximate surface area is 175 Å². The van der Waals surface area contributed by atoms with E-state index in [0.29, 0.717) is 22.1 Å². The van der Waals surface area contributed by atoms with E-state index in [-0.39, 0.29) is 23.2 Å². The largest absolute Gasteiger partial charge is 0.455 e. The van der Waals surface area contributed by atoms with Crippen LogP contribution >= 0.6 is 23.2 Å². The number of carbonyl (C=O) groups is 1. The Hall–Kier alpha value is -3.36. The average Bonchev–Trinajstić information content (AvgIpc) is 3.16. The van der Waals surface area contributed by atoms with Crippen molar-refractivity contribution in [3.63, 3.8) is 0 Å². The SMILES string of the molecule is O=C(CNc1ccc(Cl)cc1)N/N=C\c1ccc(-c2ccc([N+](=O)[O-])cc2Cl)o1. The first-order valence-electron chi connectivity index (χ1n) is 8.28. The van der Waals surface area contributed by atoms with E-state index in [1.54, 1.807) is 36.4 Å². The third-order valence-corrected chi connectivity index (χ3v) is 4.30. The number of hydrazone groups is 1. The molecule has 0 aliphatic carbocycles. The van der Waals surface area contributed by atoms with Crippen molar-refractivity contribution >= 4 is 46.7 Å². The van der Waals surface area contributed by atoms with E-state index in [4.69, 9.17) is 27.6 Å². The minimum atomic E-state index is -0.527. The van der Waals surface area contributed by atoms with Crippen LogP contribution in [0.25, 0.3) is 11.3 Å². The molecule has 148 valence electrons. The van der Waals surface area contributed by atoms with Gasteiger partial charge in [-0.25, -0.2) is 5.43 Å². The molecule has 0 atom stereocenters. The summed E-state index contributed by atoms with van der Waals surface area (Å²) in [5.74, 6) is 0.448. The van der Waals surface area contributed by atoms with Crippen molar-refractivity contribution in [1.82, 2.24) is 5.43 Å². The van der Waals surface area contributed by atoms with Gasteiger partial charge >= 0.3 is 0 Å². The van der Waals surface area contributed by atoms with Crippen LogP contribution in [-0.4, -0.2) is 23.6 Å². The molecule has 0 saturated heterocycles. The topological polar surface area (TPSA) is 110 Å². The van der Waals surface area contributed by atoms with Crippen LogP contribution in [0, 0.1) is 10.1 Å². The number of rotatable bonds is 7. The average molecular weight is 433 g/mol. The third-order valence-electron chi connectivity index (χ3n) is 3.73. The van der Waals surface area contributed by atoms with Crippen molar-refractivity contribution in [2.75, 3.05) is 11.9 Å². The normalized spacial score (nSPS) is 10.8. The molecule has 1 amide bonds. The summed E-state index contributed by atoms with van der Waals surface area (Å²) in [6, 6.07) is 14.3. The highest BCUT2D eigenvalue weighted by molar-refractivity contribution is 6.33. The van der Waals surface area contributed by atoms with E-state index in [1.165, 1.54) is 24.4 Å². The molecule has 2 aromatic carbocycles. The summed E-state index contributed by atoms with van der Waals surface area (Å²) in [7, 11) is 0. The second-order valence-corrected chi connectivity index (χ2v) is 6.62. The van der Waals surface area contributed by atoms with Gasteiger partial charge in [0.05, 0.1) is 22.7 Å². The van der Waals surface area contributed by atoms with Crippen molar-refractivity contribution in [1.29, 1.82) is 0 Å². The number of non-ortho nitro benzene ring substituents is 1. The van der Waals surface area contributed by atoms with E-state index < -0.39 is 4.92 Å². The minimum absolute atomic E-state index is 0.0286. The number of halogens is 2. The van der Waals surface area contributed by atoms with Crippen molar-refractivity contribution in [2.45, 2.75) is 0 Å². The lowest BCUT2D eigenvalue weighted by atomic mass is 10.1. The van der Waals surface area contributed by atoms with Crippen LogP contribution in [0.5, 0.6) is 0 Å². The van der Waals surface area contributed by atoms with Crippen molar-refractivity contribution in [2.24, 2.45) is 5.10 Å². The summed E-state index contributed by atoms with van der Waals surface area (Å²) in [5.41, 5.74) is 3.53. The Morgan fingerprint density at radius 1 is 1.14 bits per heavy atom. The lowest BCUT2D eigenvalue weighted by Gasteiger charge is -2.04. The van der Waals surface area contributed by atoms with E-state index in [0.717, 1.165) is 5.69 Å². The molecule has 0 fully saturated rings. The van der Waals surface area contributed by atoms with Gasteiger partial charge in [0, 0.05) is 28.4 Å². The van der Waals surface area contributed by atoms with Crippen LogP contribution in [0.1, 0.15) is 5.76 Å². The van der Waals surface area contributed by atoms with Crippen LogP contribution in [0.2, 0.25) is 10.0 Å². The highest BCUT2D eigenvalue weighted by Gasteiger charge is 2.13. The number of benzene rings is 2. The Morgan fingerprint density at radius 2 is 1.90 bits per heavy atom. The van der Waals surface area contributed by atoms with E-state index in [9.17, 15) is 14.9 Å². The van der Waals surface area contributed by atoms with Crippen LogP contribution in [0.15, 0.2) is 64.1 Å². The summed E-state index contributed by atoms with van der Waals surface area (Å²) in [4.78, 5) is 22.1. The Balaban J connectivity index is 1.55. The fourth-order valence-corrected chi connectivity index (χ4v) is 2.74. The van der Waals surface area contributed by atoms with Gasteiger partial charge in [-0.2, -0.15) is 5.10 Å². The summed E-state index contributed by atoms with van der Waals surface area (Å²) in [5, 5.41) is 18.3. The monoisotopic (exact) mass is 432 g/mol. The second kappa shape index (κ2) is 9.22. The van der Waals surface area contributed by atoms with E-state index in [1.807, 2.05) is 0 Å². The number of amides is 1. The van der Waals surface area contributed by atoms with Crippen LogP contribution in [0.3, 0.4) is 0 Å². The standard InChI is InChI=1S/C19H14Cl2N4O4/c20-12-1-3-13(4-2-12)22-11-19(26)24-23-10-15-6-8-18(29-15)16-7-5-14(25(27)28)9-17(16)21/h1-10,22H,11H2,(H,24,26)/b23-10-. The smallest absolute Gasteiger partial charge is 0.270 e. The fourth-order valence-electron chi connectivity index (χ4n) is 2.34. The van der Waals surface area contributed by atoms with E-state index in [2.05, 4.69) is 15.8 Å².